The minimum Gasteiger partial charge on any atom is -0.493 e. The van der Waals surface area contributed by atoms with Crippen molar-refractivity contribution in [2.24, 2.45) is 0 Å². The van der Waals surface area contributed by atoms with E-state index in [1.54, 1.807) is 7.11 Å². The monoisotopic (exact) mass is 427 g/mol. The lowest BCUT2D eigenvalue weighted by molar-refractivity contribution is -0.665. The Morgan fingerprint density at radius 2 is 1.77 bits per heavy atom. The van der Waals surface area contributed by atoms with Crippen molar-refractivity contribution in [2.45, 2.75) is 19.2 Å². The van der Waals surface area contributed by atoms with Crippen LogP contribution >= 0.6 is 0 Å². The first-order valence-electron chi connectivity index (χ1n) is 10.7. The summed E-state index contributed by atoms with van der Waals surface area (Å²) in [7, 11) is 1.60. The molecule has 0 unspecified atom stereocenters. The van der Waals surface area contributed by atoms with Crippen molar-refractivity contribution in [1.29, 1.82) is 0 Å². The summed E-state index contributed by atoms with van der Waals surface area (Å²) in [4.78, 5) is 2.39. The summed E-state index contributed by atoms with van der Waals surface area (Å²) in [6.07, 6.45) is -0.726. The third-order valence-electron chi connectivity index (χ3n) is 5.65. The Labute approximate surface area is 182 Å². The van der Waals surface area contributed by atoms with Crippen LogP contribution < -0.4 is 19.8 Å². The number of morpholine rings is 1. The lowest BCUT2D eigenvalue weighted by Gasteiger charge is -2.26. The normalized spacial score (nSPS) is 15.8. The summed E-state index contributed by atoms with van der Waals surface area (Å²) in [5, 5.41) is 10.7. The van der Waals surface area contributed by atoms with Crippen molar-refractivity contribution in [3.63, 3.8) is 0 Å². The molecule has 4 rings (SSSR count). The van der Waals surface area contributed by atoms with Crippen molar-refractivity contribution < 1.29 is 23.9 Å². The molecular formula is C23H31N4O4+. The van der Waals surface area contributed by atoms with Gasteiger partial charge in [-0.2, -0.15) is 0 Å². The molecule has 1 saturated heterocycles. The highest BCUT2D eigenvalue weighted by Crippen LogP contribution is 2.26. The van der Waals surface area contributed by atoms with Gasteiger partial charge in [0.15, 0.2) is 11.5 Å². The second-order valence-corrected chi connectivity index (χ2v) is 7.68. The SMILES string of the molecule is COc1ccccc1OC[C@@H](O)C[n+]1c(N)n(CCN2CCOCC2)c2ccccc21. The molecule has 8 heteroatoms. The van der Waals surface area contributed by atoms with Crippen LogP contribution in [0.4, 0.5) is 5.95 Å². The van der Waals surface area contributed by atoms with Crippen molar-refractivity contribution in [3.05, 3.63) is 48.5 Å². The van der Waals surface area contributed by atoms with Crippen molar-refractivity contribution in [3.8, 4) is 11.5 Å². The zero-order valence-corrected chi connectivity index (χ0v) is 17.9. The first-order valence-corrected chi connectivity index (χ1v) is 10.7. The highest BCUT2D eigenvalue weighted by atomic mass is 16.5. The third kappa shape index (κ3) is 4.92. The van der Waals surface area contributed by atoms with E-state index in [1.807, 2.05) is 47.0 Å². The van der Waals surface area contributed by atoms with Crippen molar-refractivity contribution in [2.75, 3.05) is 52.3 Å². The zero-order valence-electron chi connectivity index (χ0n) is 17.9. The standard InChI is InChI=1S/C23H30N4O4/c1-29-21-8-4-5-9-22(21)31-17-18(28)16-27-20-7-3-2-6-19(20)26(23(27)24)11-10-25-12-14-30-15-13-25/h2-9,18,24,28H,10-17H2,1H3/p+1/t18-/m0/s1. The molecular weight excluding hydrogens is 396 g/mol. The minimum absolute atomic E-state index is 0.139. The molecule has 1 aliphatic heterocycles. The van der Waals surface area contributed by atoms with Gasteiger partial charge < -0.3 is 19.3 Å². The van der Waals surface area contributed by atoms with Gasteiger partial charge in [-0.25, -0.2) is 9.13 Å². The molecule has 166 valence electrons. The number of ether oxygens (including phenoxy) is 3. The van der Waals surface area contributed by atoms with E-state index in [2.05, 4.69) is 15.5 Å². The number of fused-ring (bicyclic) bond motifs is 1. The average molecular weight is 428 g/mol. The molecule has 3 N–H and O–H groups in total. The number of aliphatic hydroxyl groups excluding tert-OH is 1. The van der Waals surface area contributed by atoms with E-state index in [0.29, 0.717) is 24.0 Å². The molecule has 2 aromatic carbocycles. The van der Waals surface area contributed by atoms with E-state index in [4.69, 9.17) is 19.9 Å². The molecule has 1 atom stereocenters. The van der Waals surface area contributed by atoms with Crippen LogP contribution in [0.25, 0.3) is 11.0 Å². The highest BCUT2D eigenvalue weighted by Gasteiger charge is 2.24. The first-order chi connectivity index (χ1) is 15.2. The summed E-state index contributed by atoms with van der Waals surface area (Å²) in [5.41, 5.74) is 8.60. The van der Waals surface area contributed by atoms with Gasteiger partial charge in [0, 0.05) is 19.6 Å². The molecule has 0 spiro atoms. The van der Waals surface area contributed by atoms with E-state index in [-0.39, 0.29) is 6.61 Å². The van der Waals surface area contributed by atoms with E-state index < -0.39 is 6.10 Å². The van der Waals surface area contributed by atoms with Crippen LogP contribution in [0, 0.1) is 0 Å². The fourth-order valence-corrected chi connectivity index (χ4v) is 3.99. The second-order valence-electron chi connectivity index (χ2n) is 7.68. The summed E-state index contributed by atoms with van der Waals surface area (Å²) in [5.74, 6) is 1.88. The molecule has 2 heterocycles. The van der Waals surface area contributed by atoms with Gasteiger partial charge in [0.05, 0.1) is 26.9 Å². The Kier molecular flexibility index (Phi) is 6.91. The van der Waals surface area contributed by atoms with Gasteiger partial charge in [0.1, 0.15) is 30.3 Å². The van der Waals surface area contributed by atoms with E-state index in [0.717, 1.165) is 50.4 Å². The second kappa shape index (κ2) is 10.00. The summed E-state index contributed by atoms with van der Waals surface area (Å²) >= 11 is 0. The number of aliphatic hydroxyl groups is 1. The van der Waals surface area contributed by atoms with Crippen LogP contribution in [0.15, 0.2) is 48.5 Å². The number of rotatable bonds is 9. The number of anilines is 1. The van der Waals surface area contributed by atoms with Crippen LogP contribution in [-0.2, 0) is 17.8 Å². The molecule has 3 aromatic rings. The highest BCUT2D eigenvalue weighted by molar-refractivity contribution is 5.73. The number of nitrogen functional groups attached to an aromatic ring is 1. The first kappa shape index (κ1) is 21.4. The predicted octanol–water partition coefficient (Wildman–Crippen LogP) is 1.29. The Bertz CT molecular complexity index is 1000. The number of imidazole rings is 1. The quantitative estimate of drug-likeness (QED) is 0.501. The number of aromatic nitrogens is 2. The number of nitrogens with zero attached hydrogens (tertiary/aromatic N) is 3. The molecule has 1 aromatic heterocycles. The number of nitrogens with two attached hydrogens (primary N) is 1. The van der Waals surface area contributed by atoms with Crippen LogP contribution in [0.1, 0.15) is 0 Å². The van der Waals surface area contributed by atoms with Gasteiger partial charge >= 0.3 is 5.95 Å². The van der Waals surface area contributed by atoms with Gasteiger partial charge in [0.25, 0.3) is 0 Å². The summed E-state index contributed by atoms with van der Waals surface area (Å²) in [6.45, 7) is 5.61. The maximum Gasteiger partial charge on any atom is 0.356 e. The lowest BCUT2D eigenvalue weighted by atomic mass is 10.3. The molecule has 1 fully saturated rings. The van der Waals surface area contributed by atoms with Crippen LogP contribution in [0.5, 0.6) is 11.5 Å². The number of methoxy groups -OCH3 is 1. The van der Waals surface area contributed by atoms with Gasteiger partial charge in [-0.3, -0.25) is 10.6 Å². The van der Waals surface area contributed by atoms with Gasteiger partial charge in [-0.1, -0.05) is 24.3 Å². The largest absolute Gasteiger partial charge is 0.493 e. The zero-order chi connectivity index (χ0) is 21.6. The van der Waals surface area contributed by atoms with Crippen LogP contribution in [-0.4, -0.2) is 67.2 Å². The summed E-state index contributed by atoms with van der Waals surface area (Å²) < 4.78 is 20.6. The Morgan fingerprint density at radius 3 is 2.55 bits per heavy atom. The van der Waals surface area contributed by atoms with E-state index in [9.17, 15) is 5.11 Å². The smallest absolute Gasteiger partial charge is 0.356 e. The Morgan fingerprint density at radius 1 is 1.06 bits per heavy atom. The maximum absolute atomic E-state index is 10.7. The van der Waals surface area contributed by atoms with Crippen molar-refractivity contribution >= 4 is 17.0 Å². The fraction of sp³-hybridized carbons (Fsp3) is 0.435. The molecule has 0 amide bonds. The van der Waals surface area contributed by atoms with E-state index >= 15 is 0 Å². The topological polar surface area (TPSA) is 86.0 Å². The molecule has 0 bridgehead atoms. The number of benzene rings is 2. The Hall–Kier alpha value is -2.81. The van der Waals surface area contributed by atoms with E-state index in [1.165, 1.54) is 0 Å². The molecule has 0 aliphatic carbocycles. The van der Waals surface area contributed by atoms with Gasteiger partial charge in [-0.05, 0) is 24.3 Å². The number of hydrogen-bond donors (Lipinski definition) is 2. The number of para-hydroxylation sites is 4. The molecule has 0 saturated carbocycles. The molecule has 31 heavy (non-hydrogen) atoms. The van der Waals surface area contributed by atoms with Gasteiger partial charge in [-0.15, -0.1) is 0 Å². The van der Waals surface area contributed by atoms with Gasteiger partial charge in [0.2, 0.25) is 0 Å². The summed E-state index contributed by atoms with van der Waals surface area (Å²) in [6, 6.07) is 15.5. The lowest BCUT2D eigenvalue weighted by Crippen LogP contribution is -2.44. The maximum atomic E-state index is 10.7. The fourth-order valence-electron chi connectivity index (χ4n) is 3.99. The molecule has 1 aliphatic rings. The third-order valence-corrected chi connectivity index (χ3v) is 5.65. The predicted molar refractivity (Wildman–Crippen MR) is 118 cm³/mol. The van der Waals surface area contributed by atoms with Crippen LogP contribution in [0.3, 0.4) is 0 Å². The molecule has 0 radical (unpaired) electrons. The molecule has 8 nitrogen and oxygen atoms in total. The van der Waals surface area contributed by atoms with Crippen molar-refractivity contribution in [1.82, 2.24) is 9.47 Å². The minimum atomic E-state index is -0.726. The number of hydrogen-bond acceptors (Lipinski definition) is 6. The van der Waals surface area contributed by atoms with Crippen LogP contribution in [0.2, 0.25) is 0 Å². The average Bonchev–Trinajstić information content (AvgIpc) is 3.08. The Balaban J connectivity index is 1.47.